The summed E-state index contributed by atoms with van der Waals surface area (Å²) in [6.45, 7) is 5.48. The van der Waals surface area contributed by atoms with E-state index in [0.717, 1.165) is 11.3 Å². The van der Waals surface area contributed by atoms with E-state index in [1.807, 2.05) is 54.9 Å². The molecular formula is C20H24N4O2. The number of rotatable bonds is 7. The lowest BCUT2D eigenvalue weighted by Crippen LogP contribution is -2.31. The summed E-state index contributed by atoms with van der Waals surface area (Å²) in [5, 5.41) is 2.88. The smallest absolute Gasteiger partial charge is 0.251 e. The lowest BCUT2D eigenvalue weighted by atomic mass is 10.1. The van der Waals surface area contributed by atoms with Crippen molar-refractivity contribution >= 4 is 11.6 Å². The van der Waals surface area contributed by atoms with Crippen molar-refractivity contribution in [3.63, 3.8) is 0 Å². The van der Waals surface area contributed by atoms with Gasteiger partial charge in [-0.15, -0.1) is 0 Å². The van der Waals surface area contributed by atoms with Crippen molar-refractivity contribution in [2.75, 3.05) is 13.1 Å². The van der Waals surface area contributed by atoms with Gasteiger partial charge in [0.2, 0.25) is 0 Å². The molecule has 1 unspecified atom stereocenters. The molecule has 136 valence electrons. The highest BCUT2D eigenvalue weighted by atomic mass is 16.5. The summed E-state index contributed by atoms with van der Waals surface area (Å²) in [5.41, 5.74) is 9.03. The highest BCUT2D eigenvalue weighted by molar-refractivity contribution is 5.94. The first-order valence-electron chi connectivity index (χ1n) is 8.70. The van der Waals surface area contributed by atoms with E-state index < -0.39 is 0 Å². The lowest BCUT2D eigenvalue weighted by Gasteiger charge is -2.11. The van der Waals surface area contributed by atoms with Crippen LogP contribution in [-0.2, 0) is 6.61 Å². The number of aryl methyl sites for hydroxylation is 1. The lowest BCUT2D eigenvalue weighted by molar-refractivity contribution is 0.0948. The maximum Gasteiger partial charge on any atom is 0.251 e. The van der Waals surface area contributed by atoms with Crippen LogP contribution in [0, 0.1) is 12.8 Å². The fraction of sp³-hybridized carbons (Fsp3) is 0.300. The highest BCUT2D eigenvalue weighted by Crippen LogP contribution is 2.16. The number of amides is 1. The summed E-state index contributed by atoms with van der Waals surface area (Å²) in [6, 6.07) is 11.2. The van der Waals surface area contributed by atoms with Gasteiger partial charge in [0.15, 0.2) is 0 Å². The van der Waals surface area contributed by atoms with Gasteiger partial charge < -0.3 is 20.2 Å². The molecule has 0 saturated heterocycles. The van der Waals surface area contributed by atoms with Crippen LogP contribution in [0.15, 0.2) is 48.8 Å². The first-order chi connectivity index (χ1) is 12.5. The average molecular weight is 352 g/mol. The van der Waals surface area contributed by atoms with Gasteiger partial charge in [-0.2, -0.15) is 0 Å². The summed E-state index contributed by atoms with van der Waals surface area (Å²) in [6.07, 6.45) is 3.98. The van der Waals surface area contributed by atoms with E-state index in [4.69, 9.17) is 10.5 Å². The van der Waals surface area contributed by atoms with Crippen LogP contribution in [0.3, 0.4) is 0 Å². The molecule has 0 fully saturated rings. The Morgan fingerprint density at radius 1 is 1.31 bits per heavy atom. The molecule has 0 spiro atoms. The van der Waals surface area contributed by atoms with Crippen molar-refractivity contribution in [1.29, 1.82) is 0 Å². The largest absolute Gasteiger partial charge is 0.487 e. The molecule has 3 rings (SSSR count). The van der Waals surface area contributed by atoms with Crippen LogP contribution in [-0.4, -0.2) is 28.4 Å². The molecular weight excluding hydrogens is 328 g/mol. The van der Waals surface area contributed by atoms with Crippen LogP contribution in [0.4, 0.5) is 0 Å². The maximum atomic E-state index is 12.2. The van der Waals surface area contributed by atoms with E-state index in [1.165, 1.54) is 5.56 Å². The van der Waals surface area contributed by atoms with E-state index in [1.54, 1.807) is 12.1 Å². The standard InChI is InChI=1S/C20H24N4O2/c1-14-6-7-19-23-17(12-24(19)11-14)13-26-18-5-3-4-16(8-18)20(25)22-10-15(2)9-21/h3-8,11-12,15H,9-10,13,21H2,1-2H3,(H,22,25). The Labute approximate surface area is 153 Å². The van der Waals surface area contributed by atoms with Crippen molar-refractivity contribution in [2.45, 2.75) is 20.5 Å². The number of fused-ring (bicyclic) bond motifs is 1. The number of ether oxygens (including phenoxy) is 1. The summed E-state index contributed by atoms with van der Waals surface area (Å²) in [7, 11) is 0. The molecule has 0 saturated carbocycles. The van der Waals surface area contributed by atoms with Gasteiger partial charge in [-0.3, -0.25) is 4.79 Å². The Bertz CT molecular complexity index is 904. The van der Waals surface area contributed by atoms with Gasteiger partial charge in [-0.25, -0.2) is 4.98 Å². The highest BCUT2D eigenvalue weighted by Gasteiger charge is 2.09. The first kappa shape index (κ1) is 17.9. The van der Waals surface area contributed by atoms with Crippen LogP contribution in [0.25, 0.3) is 5.65 Å². The molecule has 1 atom stereocenters. The fourth-order valence-corrected chi connectivity index (χ4v) is 2.56. The Morgan fingerprint density at radius 3 is 2.96 bits per heavy atom. The molecule has 1 amide bonds. The van der Waals surface area contributed by atoms with Crippen LogP contribution < -0.4 is 15.8 Å². The number of hydrogen-bond acceptors (Lipinski definition) is 4. The molecule has 6 heteroatoms. The van der Waals surface area contributed by atoms with Crippen molar-refractivity contribution in [3.05, 3.63) is 65.6 Å². The zero-order chi connectivity index (χ0) is 18.5. The number of nitrogens with zero attached hydrogens (tertiary/aromatic N) is 2. The van der Waals surface area contributed by atoms with Gasteiger partial charge in [0, 0.05) is 24.5 Å². The van der Waals surface area contributed by atoms with Gasteiger partial charge in [-0.1, -0.05) is 19.1 Å². The Kier molecular flexibility index (Phi) is 5.53. The third-order valence-electron chi connectivity index (χ3n) is 4.15. The molecule has 3 aromatic rings. The maximum absolute atomic E-state index is 12.2. The Hall–Kier alpha value is -2.86. The molecule has 6 nitrogen and oxygen atoms in total. The summed E-state index contributed by atoms with van der Waals surface area (Å²) < 4.78 is 7.80. The predicted molar refractivity (Wildman–Crippen MR) is 101 cm³/mol. The fourth-order valence-electron chi connectivity index (χ4n) is 2.56. The molecule has 2 heterocycles. The second kappa shape index (κ2) is 8.01. The first-order valence-corrected chi connectivity index (χ1v) is 8.70. The van der Waals surface area contributed by atoms with Crippen molar-refractivity contribution < 1.29 is 9.53 Å². The van der Waals surface area contributed by atoms with E-state index >= 15 is 0 Å². The molecule has 2 aromatic heterocycles. The second-order valence-corrected chi connectivity index (χ2v) is 6.57. The van der Waals surface area contributed by atoms with E-state index in [2.05, 4.69) is 10.3 Å². The third-order valence-corrected chi connectivity index (χ3v) is 4.15. The topological polar surface area (TPSA) is 81.6 Å². The van der Waals surface area contributed by atoms with Crippen molar-refractivity contribution in [2.24, 2.45) is 11.7 Å². The number of imidazole rings is 1. The van der Waals surface area contributed by atoms with Crippen LogP contribution >= 0.6 is 0 Å². The normalized spacial score (nSPS) is 12.1. The Morgan fingerprint density at radius 2 is 2.15 bits per heavy atom. The average Bonchev–Trinajstić information content (AvgIpc) is 3.06. The minimum absolute atomic E-state index is 0.126. The number of aromatic nitrogens is 2. The minimum Gasteiger partial charge on any atom is -0.487 e. The van der Waals surface area contributed by atoms with Crippen molar-refractivity contribution in [3.8, 4) is 5.75 Å². The number of benzene rings is 1. The van der Waals surface area contributed by atoms with Gasteiger partial charge >= 0.3 is 0 Å². The van der Waals surface area contributed by atoms with Crippen molar-refractivity contribution in [1.82, 2.24) is 14.7 Å². The Balaban J connectivity index is 1.63. The number of nitrogens with one attached hydrogen (secondary N) is 1. The van der Waals surface area contributed by atoms with E-state index in [0.29, 0.717) is 31.0 Å². The zero-order valence-electron chi connectivity index (χ0n) is 15.1. The molecule has 1 aromatic carbocycles. The minimum atomic E-state index is -0.126. The quantitative estimate of drug-likeness (QED) is 0.685. The zero-order valence-corrected chi connectivity index (χ0v) is 15.1. The number of hydrogen-bond donors (Lipinski definition) is 2. The molecule has 0 bridgehead atoms. The molecule has 0 aliphatic carbocycles. The molecule has 26 heavy (non-hydrogen) atoms. The second-order valence-electron chi connectivity index (χ2n) is 6.57. The predicted octanol–water partition coefficient (Wildman–Crippen LogP) is 2.55. The van der Waals surface area contributed by atoms with Gasteiger partial charge in [0.05, 0.1) is 5.69 Å². The van der Waals surface area contributed by atoms with E-state index in [9.17, 15) is 4.79 Å². The van der Waals surface area contributed by atoms with Crippen LogP contribution in [0.5, 0.6) is 5.75 Å². The summed E-state index contributed by atoms with van der Waals surface area (Å²) >= 11 is 0. The number of carbonyl (C=O) groups is 1. The third kappa shape index (κ3) is 4.40. The molecule has 0 aliphatic heterocycles. The summed E-state index contributed by atoms with van der Waals surface area (Å²) in [5.74, 6) is 0.758. The van der Waals surface area contributed by atoms with Gasteiger partial charge in [0.1, 0.15) is 18.0 Å². The number of carbonyl (C=O) groups excluding carboxylic acids is 1. The number of nitrogens with two attached hydrogens (primary N) is 1. The van der Waals surface area contributed by atoms with Crippen LogP contribution in [0.2, 0.25) is 0 Å². The van der Waals surface area contributed by atoms with Gasteiger partial charge in [0.25, 0.3) is 5.91 Å². The molecule has 3 N–H and O–H groups in total. The molecule has 0 radical (unpaired) electrons. The van der Waals surface area contributed by atoms with Gasteiger partial charge in [-0.05, 0) is 49.2 Å². The monoisotopic (exact) mass is 352 g/mol. The van der Waals surface area contributed by atoms with E-state index in [-0.39, 0.29) is 11.8 Å². The number of pyridine rings is 1. The summed E-state index contributed by atoms with van der Waals surface area (Å²) in [4.78, 5) is 16.7. The van der Waals surface area contributed by atoms with Crippen LogP contribution in [0.1, 0.15) is 28.5 Å². The molecule has 0 aliphatic rings. The SMILES string of the molecule is Cc1ccc2nc(COc3cccc(C(=O)NCC(C)CN)c3)cn2c1.